The zero-order valence-electron chi connectivity index (χ0n) is 15.8. The van der Waals surface area contributed by atoms with Gasteiger partial charge in [-0.1, -0.05) is 0 Å². The maximum atomic E-state index is 12.5. The van der Waals surface area contributed by atoms with Crippen LogP contribution in [0.15, 0.2) is 35.3 Å². The molecule has 1 fully saturated rings. The predicted molar refractivity (Wildman–Crippen MR) is 112 cm³/mol. The molecule has 0 saturated carbocycles. The molecular formula is C20H23N5OS2. The predicted octanol–water partition coefficient (Wildman–Crippen LogP) is 3.50. The van der Waals surface area contributed by atoms with E-state index < -0.39 is 0 Å². The topological polar surface area (TPSA) is 71.0 Å². The Balaban J connectivity index is 1.23. The normalized spacial score (nSPS) is 15.6. The van der Waals surface area contributed by atoms with Crippen molar-refractivity contribution in [1.82, 2.24) is 25.2 Å². The number of hydrogen-bond acceptors (Lipinski definition) is 7. The highest BCUT2D eigenvalue weighted by atomic mass is 32.1. The minimum absolute atomic E-state index is 0.0908. The summed E-state index contributed by atoms with van der Waals surface area (Å²) in [6.07, 6.45) is 5.32. The van der Waals surface area contributed by atoms with Crippen LogP contribution >= 0.6 is 22.7 Å². The number of carbonyl (C=O) groups is 1. The molecule has 0 bridgehead atoms. The molecule has 4 heterocycles. The molecule has 3 aromatic heterocycles. The molecule has 0 unspecified atom stereocenters. The highest BCUT2D eigenvalue weighted by Gasteiger charge is 2.25. The minimum Gasteiger partial charge on any atom is -0.349 e. The maximum absolute atomic E-state index is 12.5. The molecule has 1 amide bonds. The molecule has 1 saturated heterocycles. The minimum atomic E-state index is 0.0908. The van der Waals surface area contributed by atoms with Gasteiger partial charge in [-0.2, -0.15) is 0 Å². The number of likely N-dealkylation sites (tertiary alicyclic amines) is 1. The van der Waals surface area contributed by atoms with Crippen LogP contribution in [0.2, 0.25) is 0 Å². The van der Waals surface area contributed by atoms with E-state index in [-0.39, 0.29) is 11.8 Å². The van der Waals surface area contributed by atoms with Gasteiger partial charge in [-0.3, -0.25) is 14.7 Å². The lowest BCUT2D eigenvalue weighted by Gasteiger charge is -2.30. The molecule has 28 heavy (non-hydrogen) atoms. The molecule has 0 spiro atoms. The summed E-state index contributed by atoms with van der Waals surface area (Å²) in [5.41, 5.74) is 3.12. The average molecular weight is 414 g/mol. The highest BCUT2D eigenvalue weighted by molar-refractivity contribution is 7.10. The number of carbonyl (C=O) groups excluding carboxylic acids is 1. The largest absolute Gasteiger partial charge is 0.349 e. The molecule has 0 aliphatic carbocycles. The summed E-state index contributed by atoms with van der Waals surface area (Å²) >= 11 is 3.27. The average Bonchev–Trinajstić information content (AvgIpc) is 3.36. The molecule has 4 rings (SSSR count). The van der Waals surface area contributed by atoms with E-state index in [1.54, 1.807) is 35.1 Å². The molecule has 146 valence electrons. The van der Waals surface area contributed by atoms with Crippen LogP contribution in [0, 0.1) is 12.8 Å². The summed E-state index contributed by atoms with van der Waals surface area (Å²) in [6, 6.07) is 3.89. The summed E-state index contributed by atoms with van der Waals surface area (Å²) in [7, 11) is 0. The number of nitrogens with one attached hydrogen (secondary N) is 1. The number of piperidine rings is 1. The third-order valence-electron chi connectivity index (χ3n) is 4.95. The maximum Gasteiger partial charge on any atom is 0.223 e. The number of rotatable bonds is 6. The molecule has 6 nitrogen and oxygen atoms in total. The molecule has 0 atom stereocenters. The Morgan fingerprint density at radius 3 is 2.68 bits per heavy atom. The zero-order chi connectivity index (χ0) is 19.3. The Morgan fingerprint density at radius 2 is 1.96 bits per heavy atom. The van der Waals surface area contributed by atoms with E-state index in [9.17, 15) is 4.79 Å². The number of aryl methyl sites for hydroxylation is 1. The standard InChI is InChI=1S/C20H23N5OS2/c1-14-23-17(12-27-14)11-25-8-4-16(5-9-25)20(26)22-10-19-24-18(13-28-19)15-2-6-21-7-3-15/h2-3,6-7,12-13,16H,4-5,8-11H2,1H3,(H,22,26). The lowest BCUT2D eigenvalue weighted by atomic mass is 9.96. The molecule has 1 N–H and O–H groups in total. The Kier molecular flexibility index (Phi) is 6.09. The van der Waals surface area contributed by atoms with Gasteiger partial charge < -0.3 is 5.32 Å². The van der Waals surface area contributed by atoms with Crippen molar-refractivity contribution < 1.29 is 4.79 Å². The first-order valence-electron chi connectivity index (χ1n) is 9.43. The quantitative estimate of drug-likeness (QED) is 0.670. The second kappa shape index (κ2) is 8.89. The van der Waals surface area contributed by atoms with E-state index in [0.29, 0.717) is 6.54 Å². The smallest absolute Gasteiger partial charge is 0.223 e. The third kappa shape index (κ3) is 4.81. The zero-order valence-corrected chi connectivity index (χ0v) is 17.4. The fourth-order valence-electron chi connectivity index (χ4n) is 3.42. The summed E-state index contributed by atoms with van der Waals surface area (Å²) in [5.74, 6) is 0.234. The molecule has 8 heteroatoms. The second-order valence-corrected chi connectivity index (χ2v) is 8.99. The van der Waals surface area contributed by atoms with Gasteiger partial charge in [0.1, 0.15) is 5.01 Å². The first-order valence-corrected chi connectivity index (χ1v) is 11.2. The number of hydrogen-bond donors (Lipinski definition) is 1. The van der Waals surface area contributed by atoms with Crippen molar-refractivity contribution in [2.75, 3.05) is 13.1 Å². The van der Waals surface area contributed by atoms with E-state index in [0.717, 1.165) is 59.4 Å². The van der Waals surface area contributed by atoms with Crippen molar-refractivity contribution in [1.29, 1.82) is 0 Å². The second-order valence-electron chi connectivity index (χ2n) is 6.99. The number of pyridine rings is 1. The van der Waals surface area contributed by atoms with Gasteiger partial charge in [0.25, 0.3) is 0 Å². The summed E-state index contributed by atoms with van der Waals surface area (Å²) in [4.78, 5) is 28.1. The summed E-state index contributed by atoms with van der Waals surface area (Å²) < 4.78 is 0. The molecular weight excluding hydrogens is 390 g/mol. The number of nitrogens with zero attached hydrogens (tertiary/aromatic N) is 4. The molecule has 1 aliphatic rings. The van der Waals surface area contributed by atoms with Crippen LogP contribution < -0.4 is 5.32 Å². The van der Waals surface area contributed by atoms with Gasteiger partial charge >= 0.3 is 0 Å². The number of thiazole rings is 2. The number of aromatic nitrogens is 3. The van der Waals surface area contributed by atoms with Crippen LogP contribution in [0.25, 0.3) is 11.3 Å². The van der Waals surface area contributed by atoms with Crippen molar-refractivity contribution in [3.63, 3.8) is 0 Å². The lowest BCUT2D eigenvalue weighted by molar-refractivity contribution is -0.126. The van der Waals surface area contributed by atoms with E-state index in [1.807, 2.05) is 24.4 Å². The lowest BCUT2D eigenvalue weighted by Crippen LogP contribution is -2.40. The van der Waals surface area contributed by atoms with Crippen molar-refractivity contribution in [2.45, 2.75) is 32.9 Å². The van der Waals surface area contributed by atoms with E-state index in [1.165, 1.54) is 0 Å². The van der Waals surface area contributed by atoms with Crippen LogP contribution in [0.5, 0.6) is 0 Å². The fraction of sp³-hybridized carbons (Fsp3) is 0.400. The molecule has 0 aromatic carbocycles. The van der Waals surface area contributed by atoms with Gasteiger partial charge in [-0.25, -0.2) is 9.97 Å². The van der Waals surface area contributed by atoms with Crippen LogP contribution in [0.1, 0.15) is 28.6 Å². The van der Waals surface area contributed by atoms with Gasteiger partial charge in [0.05, 0.1) is 22.9 Å². The van der Waals surface area contributed by atoms with Gasteiger partial charge in [0.15, 0.2) is 0 Å². The third-order valence-corrected chi connectivity index (χ3v) is 6.62. The van der Waals surface area contributed by atoms with Gasteiger partial charge in [-0.15, -0.1) is 22.7 Å². The van der Waals surface area contributed by atoms with Crippen LogP contribution in [-0.2, 0) is 17.9 Å². The Bertz CT molecular complexity index is 916. The Morgan fingerprint density at radius 1 is 1.18 bits per heavy atom. The van der Waals surface area contributed by atoms with Gasteiger partial charge in [-0.05, 0) is 45.0 Å². The van der Waals surface area contributed by atoms with E-state index in [4.69, 9.17) is 0 Å². The number of amides is 1. The Labute approximate surface area is 172 Å². The van der Waals surface area contributed by atoms with Gasteiger partial charge in [0, 0.05) is 41.2 Å². The van der Waals surface area contributed by atoms with E-state index in [2.05, 4.69) is 30.5 Å². The van der Waals surface area contributed by atoms with Crippen molar-refractivity contribution >= 4 is 28.6 Å². The van der Waals surface area contributed by atoms with E-state index >= 15 is 0 Å². The SMILES string of the molecule is Cc1nc(CN2CCC(C(=O)NCc3nc(-c4ccncc4)cs3)CC2)cs1. The Hall–Kier alpha value is -2.16. The van der Waals surface area contributed by atoms with Crippen molar-refractivity contribution in [2.24, 2.45) is 5.92 Å². The van der Waals surface area contributed by atoms with Crippen molar-refractivity contribution in [3.05, 3.63) is 51.0 Å². The van der Waals surface area contributed by atoms with Gasteiger partial charge in [0.2, 0.25) is 5.91 Å². The monoisotopic (exact) mass is 413 g/mol. The fourth-order valence-corrected chi connectivity index (χ4v) is 4.76. The summed E-state index contributed by atoms with van der Waals surface area (Å²) in [5, 5.41) is 9.26. The van der Waals surface area contributed by atoms with Crippen LogP contribution in [0.4, 0.5) is 0 Å². The first-order chi connectivity index (χ1) is 13.7. The molecule has 0 radical (unpaired) electrons. The summed E-state index contributed by atoms with van der Waals surface area (Å²) in [6.45, 7) is 5.30. The molecule has 1 aliphatic heterocycles. The highest BCUT2D eigenvalue weighted by Crippen LogP contribution is 2.22. The van der Waals surface area contributed by atoms with Crippen LogP contribution in [0.3, 0.4) is 0 Å². The van der Waals surface area contributed by atoms with Crippen molar-refractivity contribution in [3.8, 4) is 11.3 Å². The van der Waals surface area contributed by atoms with Crippen LogP contribution in [-0.4, -0.2) is 38.8 Å². The molecule has 3 aromatic rings. The first kappa shape index (κ1) is 19.2.